The van der Waals surface area contributed by atoms with Crippen molar-refractivity contribution in [2.75, 3.05) is 10.6 Å². The van der Waals surface area contributed by atoms with Crippen molar-refractivity contribution in [3.63, 3.8) is 0 Å². The molecule has 0 aliphatic heterocycles. The molecule has 0 aliphatic rings. The highest BCUT2D eigenvalue weighted by atomic mass is 35.5. The second-order valence-electron chi connectivity index (χ2n) is 4.26. The van der Waals surface area contributed by atoms with E-state index in [4.69, 9.17) is 11.6 Å². The number of thiophene rings is 1. The maximum absolute atomic E-state index is 11.8. The highest BCUT2D eigenvalue weighted by molar-refractivity contribution is 7.09. The SMILES string of the molecule is CC(=O)Nc1ccc(Cl)c(NC(=O)NCc2cccs2)c1. The third kappa shape index (κ3) is 4.77. The highest BCUT2D eigenvalue weighted by Crippen LogP contribution is 2.25. The highest BCUT2D eigenvalue weighted by Gasteiger charge is 2.07. The molecule has 0 aliphatic carbocycles. The summed E-state index contributed by atoms with van der Waals surface area (Å²) in [6.45, 7) is 1.86. The molecule has 3 amide bonds. The third-order valence-corrected chi connectivity index (χ3v) is 3.74. The molecular formula is C14H14ClN3O2S. The average Bonchev–Trinajstić information content (AvgIpc) is 2.93. The average molecular weight is 324 g/mol. The molecule has 0 bridgehead atoms. The maximum atomic E-state index is 11.8. The third-order valence-electron chi connectivity index (χ3n) is 2.54. The van der Waals surface area contributed by atoms with E-state index in [-0.39, 0.29) is 11.9 Å². The van der Waals surface area contributed by atoms with Gasteiger partial charge in [0.1, 0.15) is 0 Å². The van der Waals surface area contributed by atoms with Crippen LogP contribution in [0.3, 0.4) is 0 Å². The molecule has 0 fully saturated rings. The van der Waals surface area contributed by atoms with Gasteiger partial charge < -0.3 is 16.0 Å². The number of amides is 3. The number of carbonyl (C=O) groups is 2. The van der Waals surface area contributed by atoms with E-state index in [1.54, 1.807) is 29.5 Å². The standard InChI is InChI=1S/C14H14ClN3O2S/c1-9(19)17-10-4-5-12(15)13(7-10)18-14(20)16-8-11-3-2-6-21-11/h2-7H,8H2,1H3,(H,17,19)(H2,16,18,20). The molecule has 1 heterocycles. The summed E-state index contributed by atoms with van der Waals surface area (Å²) in [4.78, 5) is 23.9. The van der Waals surface area contributed by atoms with Crippen LogP contribution in [0.15, 0.2) is 35.7 Å². The number of urea groups is 1. The molecule has 0 radical (unpaired) electrons. The van der Waals surface area contributed by atoms with Crippen LogP contribution in [0.4, 0.5) is 16.2 Å². The number of benzene rings is 1. The number of halogens is 1. The van der Waals surface area contributed by atoms with E-state index < -0.39 is 0 Å². The molecule has 21 heavy (non-hydrogen) atoms. The van der Waals surface area contributed by atoms with Crippen LogP contribution in [0.25, 0.3) is 0 Å². The first-order valence-electron chi connectivity index (χ1n) is 6.19. The van der Waals surface area contributed by atoms with Crippen LogP contribution in [0.1, 0.15) is 11.8 Å². The van der Waals surface area contributed by atoms with Gasteiger partial charge >= 0.3 is 6.03 Å². The molecule has 0 atom stereocenters. The molecule has 2 aromatic rings. The summed E-state index contributed by atoms with van der Waals surface area (Å²) < 4.78 is 0. The summed E-state index contributed by atoms with van der Waals surface area (Å²) >= 11 is 7.59. The van der Waals surface area contributed by atoms with Gasteiger partial charge in [0.2, 0.25) is 5.91 Å². The van der Waals surface area contributed by atoms with Crippen molar-refractivity contribution in [3.05, 3.63) is 45.6 Å². The lowest BCUT2D eigenvalue weighted by atomic mass is 10.2. The Morgan fingerprint density at radius 2 is 2.05 bits per heavy atom. The van der Waals surface area contributed by atoms with Gasteiger partial charge in [0.25, 0.3) is 0 Å². The number of anilines is 2. The monoisotopic (exact) mass is 323 g/mol. The van der Waals surface area contributed by atoms with E-state index in [9.17, 15) is 9.59 Å². The fraction of sp³-hybridized carbons (Fsp3) is 0.143. The molecule has 3 N–H and O–H groups in total. The summed E-state index contributed by atoms with van der Waals surface area (Å²) in [6, 6.07) is 8.39. The van der Waals surface area contributed by atoms with Crippen molar-refractivity contribution in [1.82, 2.24) is 5.32 Å². The Hall–Kier alpha value is -2.05. The Labute approximate surface area is 131 Å². The summed E-state index contributed by atoms with van der Waals surface area (Å²) in [5.74, 6) is -0.189. The fourth-order valence-corrected chi connectivity index (χ4v) is 2.46. The Kier molecular flexibility index (Phi) is 5.19. The molecular weight excluding hydrogens is 310 g/mol. The minimum absolute atomic E-state index is 0.189. The van der Waals surface area contributed by atoms with E-state index in [0.717, 1.165) is 4.88 Å². The molecule has 7 heteroatoms. The first-order valence-corrected chi connectivity index (χ1v) is 7.45. The first-order chi connectivity index (χ1) is 10.0. The van der Waals surface area contributed by atoms with E-state index in [2.05, 4.69) is 16.0 Å². The number of carbonyl (C=O) groups excluding carboxylic acids is 2. The molecule has 5 nitrogen and oxygen atoms in total. The van der Waals surface area contributed by atoms with Gasteiger partial charge in [-0.25, -0.2) is 4.79 Å². The lowest BCUT2D eigenvalue weighted by Gasteiger charge is -2.10. The maximum Gasteiger partial charge on any atom is 0.319 e. The quantitative estimate of drug-likeness (QED) is 0.803. The van der Waals surface area contributed by atoms with Crippen LogP contribution in [-0.2, 0) is 11.3 Å². The van der Waals surface area contributed by atoms with Crippen molar-refractivity contribution in [3.8, 4) is 0 Å². The minimum atomic E-state index is -0.356. The molecule has 1 aromatic heterocycles. The van der Waals surface area contributed by atoms with Crippen molar-refractivity contribution in [2.45, 2.75) is 13.5 Å². The second kappa shape index (κ2) is 7.10. The van der Waals surface area contributed by atoms with Crippen LogP contribution < -0.4 is 16.0 Å². The van der Waals surface area contributed by atoms with Gasteiger partial charge in [0.15, 0.2) is 0 Å². The summed E-state index contributed by atoms with van der Waals surface area (Å²) in [7, 11) is 0. The van der Waals surface area contributed by atoms with E-state index >= 15 is 0 Å². The van der Waals surface area contributed by atoms with Gasteiger partial charge in [-0.1, -0.05) is 17.7 Å². The molecule has 0 saturated heterocycles. The molecule has 0 saturated carbocycles. The van der Waals surface area contributed by atoms with Crippen molar-refractivity contribution < 1.29 is 9.59 Å². The van der Waals surface area contributed by atoms with Crippen LogP contribution in [0, 0.1) is 0 Å². The van der Waals surface area contributed by atoms with E-state index in [1.165, 1.54) is 6.92 Å². The molecule has 0 spiro atoms. The molecule has 0 unspecified atom stereocenters. The van der Waals surface area contributed by atoms with Gasteiger partial charge in [-0.15, -0.1) is 11.3 Å². The Bertz CT molecular complexity index is 644. The zero-order chi connectivity index (χ0) is 15.2. The zero-order valence-electron chi connectivity index (χ0n) is 11.3. The number of nitrogens with one attached hydrogen (secondary N) is 3. The predicted octanol–water partition coefficient (Wildman–Crippen LogP) is 3.68. The van der Waals surface area contributed by atoms with E-state index in [1.807, 2.05) is 17.5 Å². The van der Waals surface area contributed by atoms with Crippen LogP contribution in [-0.4, -0.2) is 11.9 Å². The summed E-state index contributed by atoms with van der Waals surface area (Å²) in [6.07, 6.45) is 0. The van der Waals surface area contributed by atoms with Crippen LogP contribution in [0.2, 0.25) is 5.02 Å². The largest absolute Gasteiger partial charge is 0.333 e. The summed E-state index contributed by atoms with van der Waals surface area (Å²) in [5.41, 5.74) is 1.01. The minimum Gasteiger partial charge on any atom is -0.333 e. The Morgan fingerprint density at radius 3 is 2.71 bits per heavy atom. The van der Waals surface area contributed by atoms with Gasteiger partial charge in [-0.3, -0.25) is 4.79 Å². The number of hydrogen-bond acceptors (Lipinski definition) is 3. The molecule has 110 valence electrons. The van der Waals surface area contributed by atoms with Gasteiger partial charge in [0, 0.05) is 17.5 Å². The lowest BCUT2D eigenvalue weighted by Crippen LogP contribution is -2.28. The van der Waals surface area contributed by atoms with E-state index in [0.29, 0.717) is 22.9 Å². The topological polar surface area (TPSA) is 70.2 Å². The smallest absolute Gasteiger partial charge is 0.319 e. The fourth-order valence-electron chi connectivity index (χ4n) is 1.65. The zero-order valence-corrected chi connectivity index (χ0v) is 12.8. The number of rotatable bonds is 4. The predicted molar refractivity (Wildman–Crippen MR) is 85.9 cm³/mol. The van der Waals surface area contributed by atoms with Gasteiger partial charge in [-0.2, -0.15) is 0 Å². The van der Waals surface area contributed by atoms with Crippen molar-refractivity contribution in [1.29, 1.82) is 0 Å². The van der Waals surface area contributed by atoms with Gasteiger partial charge in [0.05, 0.1) is 17.3 Å². The van der Waals surface area contributed by atoms with Crippen molar-refractivity contribution in [2.24, 2.45) is 0 Å². The molecule has 2 rings (SSSR count). The normalized spacial score (nSPS) is 10.0. The Balaban J connectivity index is 1.97. The number of hydrogen-bond donors (Lipinski definition) is 3. The van der Waals surface area contributed by atoms with Gasteiger partial charge in [-0.05, 0) is 29.6 Å². The van der Waals surface area contributed by atoms with Crippen molar-refractivity contribution >= 4 is 46.3 Å². The van der Waals surface area contributed by atoms with Crippen LogP contribution >= 0.6 is 22.9 Å². The van der Waals surface area contributed by atoms with Crippen LogP contribution in [0.5, 0.6) is 0 Å². The Morgan fingerprint density at radius 1 is 1.24 bits per heavy atom. The summed E-state index contributed by atoms with van der Waals surface area (Å²) in [5, 5.41) is 10.4. The lowest BCUT2D eigenvalue weighted by molar-refractivity contribution is -0.114. The second-order valence-corrected chi connectivity index (χ2v) is 5.70. The first kappa shape index (κ1) is 15.3. The molecule has 1 aromatic carbocycles.